The van der Waals surface area contributed by atoms with Crippen LogP contribution in [0.25, 0.3) is 0 Å². The van der Waals surface area contributed by atoms with Crippen molar-refractivity contribution in [3.8, 4) is 17.2 Å². The van der Waals surface area contributed by atoms with Gasteiger partial charge in [0.1, 0.15) is 12.0 Å². The van der Waals surface area contributed by atoms with Gasteiger partial charge in [-0.05, 0) is 68.1 Å². The van der Waals surface area contributed by atoms with Gasteiger partial charge in [-0.25, -0.2) is 0 Å². The first-order valence-corrected chi connectivity index (χ1v) is 9.00. The number of methoxy groups -OCH3 is 1. The van der Waals surface area contributed by atoms with Gasteiger partial charge in [0.25, 0.3) is 0 Å². The average molecular weight is 407 g/mol. The molecule has 4 nitrogen and oxygen atoms in total. The highest BCUT2D eigenvalue weighted by atomic mass is 79.9. The zero-order valence-electron chi connectivity index (χ0n) is 14.8. The van der Waals surface area contributed by atoms with E-state index in [1.807, 2.05) is 13.8 Å². The lowest BCUT2D eigenvalue weighted by Crippen LogP contribution is -2.04. The molecule has 2 aromatic carbocycles. The van der Waals surface area contributed by atoms with Crippen molar-refractivity contribution in [2.24, 2.45) is 0 Å². The van der Waals surface area contributed by atoms with Gasteiger partial charge in [0.2, 0.25) is 0 Å². The van der Waals surface area contributed by atoms with E-state index in [1.54, 1.807) is 25.3 Å². The quantitative estimate of drug-likeness (QED) is 0.427. The molecular weight excluding hydrogens is 384 g/mol. The highest BCUT2D eigenvalue weighted by Crippen LogP contribution is 2.28. The van der Waals surface area contributed by atoms with Gasteiger partial charge >= 0.3 is 0 Å². The normalized spacial score (nSPS) is 10.4. The minimum Gasteiger partial charge on any atom is -0.493 e. The second-order valence-corrected chi connectivity index (χ2v) is 6.65. The van der Waals surface area contributed by atoms with E-state index in [1.165, 1.54) is 0 Å². The van der Waals surface area contributed by atoms with Gasteiger partial charge < -0.3 is 14.2 Å². The summed E-state index contributed by atoms with van der Waals surface area (Å²) < 4.78 is 17.9. The van der Waals surface area contributed by atoms with Gasteiger partial charge in [0, 0.05) is 10.0 Å². The molecule has 2 rings (SSSR count). The monoisotopic (exact) mass is 406 g/mol. The molecule has 0 amide bonds. The fourth-order valence-corrected chi connectivity index (χ4v) is 2.81. The molecule has 0 fully saturated rings. The number of aryl methyl sites for hydroxylation is 2. The first-order valence-electron chi connectivity index (χ1n) is 8.20. The summed E-state index contributed by atoms with van der Waals surface area (Å²) in [5.41, 5.74) is 2.85. The number of halogens is 1. The van der Waals surface area contributed by atoms with Gasteiger partial charge in [-0.1, -0.05) is 15.9 Å². The number of hydrogen-bond donors (Lipinski definition) is 0. The van der Waals surface area contributed by atoms with Crippen molar-refractivity contribution in [3.63, 3.8) is 0 Å². The van der Waals surface area contributed by atoms with Crippen LogP contribution in [0, 0.1) is 13.8 Å². The summed E-state index contributed by atoms with van der Waals surface area (Å²) in [6, 6.07) is 9.27. The standard InChI is InChI=1S/C20H23BrO4/c1-14-11-19(15(2)10-17(14)21)25-9-5-4-8-24-18-7-6-16(13-22)12-20(18)23-3/h6-7,10-13H,4-5,8-9H2,1-3H3. The average Bonchev–Trinajstić information content (AvgIpc) is 2.62. The molecule has 0 heterocycles. The fourth-order valence-electron chi connectivity index (χ4n) is 2.36. The molecule has 0 radical (unpaired) electrons. The van der Waals surface area contributed by atoms with Crippen LogP contribution in [0.2, 0.25) is 0 Å². The molecule has 0 saturated carbocycles. The number of hydrogen-bond acceptors (Lipinski definition) is 4. The Morgan fingerprint density at radius 2 is 1.60 bits per heavy atom. The maximum Gasteiger partial charge on any atom is 0.161 e. The summed E-state index contributed by atoms with van der Waals surface area (Å²) in [5, 5.41) is 0. The third kappa shape index (κ3) is 5.49. The van der Waals surface area contributed by atoms with Crippen molar-refractivity contribution >= 4 is 22.2 Å². The van der Waals surface area contributed by atoms with Crippen molar-refractivity contribution in [1.29, 1.82) is 0 Å². The van der Waals surface area contributed by atoms with Crippen LogP contribution in [0.15, 0.2) is 34.8 Å². The summed E-state index contributed by atoms with van der Waals surface area (Å²) in [6.07, 6.45) is 2.55. The van der Waals surface area contributed by atoms with Crippen LogP contribution in [0.4, 0.5) is 0 Å². The largest absolute Gasteiger partial charge is 0.493 e. The molecule has 134 valence electrons. The van der Waals surface area contributed by atoms with Crippen molar-refractivity contribution in [2.75, 3.05) is 20.3 Å². The van der Waals surface area contributed by atoms with Gasteiger partial charge in [0.05, 0.1) is 20.3 Å². The number of benzene rings is 2. The molecule has 0 spiro atoms. The fraction of sp³-hybridized carbons (Fsp3) is 0.350. The van der Waals surface area contributed by atoms with Crippen molar-refractivity contribution < 1.29 is 19.0 Å². The highest BCUT2D eigenvalue weighted by Gasteiger charge is 2.06. The van der Waals surface area contributed by atoms with Gasteiger partial charge in [-0.3, -0.25) is 4.79 Å². The van der Waals surface area contributed by atoms with Crippen molar-refractivity contribution in [3.05, 3.63) is 51.5 Å². The lowest BCUT2D eigenvalue weighted by molar-refractivity contribution is 0.112. The molecule has 0 unspecified atom stereocenters. The summed E-state index contributed by atoms with van der Waals surface area (Å²) >= 11 is 3.52. The van der Waals surface area contributed by atoms with Crippen LogP contribution in [0.3, 0.4) is 0 Å². The molecule has 0 bridgehead atoms. The minimum atomic E-state index is 0.567. The number of rotatable bonds is 9. The van der Waals surface area contributed by atoms with Crippen molar-refractivity contribution in [2.45, 2.75) is 26.7 Å². The van der Waals surface area contributed by atoms with E-state index in [0.717, 1.165) is 40.5 Å². The topological polar surface area (TPSA) is 44.8 Å². The Morgan fingerprint density at radius 1 is 0.920 bits per heavy atom. The molecule has 5 heteroatoms. The maximum atomic E-state index is 10.8. The minimum absolute atomic E-state index is 0.567. The van der Waals surface area contributed by atoms with E-state index in [4.69, 9.17) is 14.2 Å². The van der Waals surface area contributed by atoms with Crippen LogP contribution < -0.4 is 14.2 Å². The van der Waals surface area contributed by atoms with Crippen LogP contribution in [0.1, 0.15) is 34.3 Å². The molecule has 0 atom stereocenters. The predicted molar refractivity (Wildman–Crippen MR) is 102 cm³/mol. The van der Waals surface area contributed by atoms with E-state index in [2.05, 4.69) is 28.1 Å². The molecule has 0 aliphatic carbocycles. The van der Waals surface area contributed by atoms with Crippen molar-refractivity contribution in [1.82, 2.24) is 0 Å². The smallest absolute Gasteiger partial charge is 0.161 e. The van der Waals surface area contributed by atoms with Crippen LogP contribution >= 0.6 is 15.9 Å². The second kappa shape index (κ2) is 9.47. The molecule has 0 aliphatic heterocycles. The Balaban J connectivity index is 1.75. The summed E-state index contributed by atoms with van der Waals surface area (Å²) in [4.78, 5) is 10.8. The van der Waals surface area contributed by atoms with Crippen LogP contribution in [0.5, 0.6) is 17.2 Å². The lowest BCUT2D eigenvalue weighted by atomic mass is 10.1. The van der Waals surface area contributed by atoms with Crippen LogP contribution in [-0.2, 0) is 0 Å². The zero-order chi connectivity index (χ0) is 18.2. The number of aldehydes is 1. The molecule has 0 saturated heterocycles. The lowest BCUT2D eigenvalue weighted by Gasteiger charge is -2.12. The Morgan fingerprint density at radius 3 is 2.24 bits per heavy atom. The summed E-state index contributed by atoms with van der Waals surface area (Å²) in [7, 11) is 1.56. The first kappa shape index (κ1) is 19.3. The SMILES string of the molecule is COc1cc(C=O)ccc1OCCCCOc1cc(C)c(Br)cc1C. The third-order valence-corrected chi connectivity index (χ3v) is 4.69. The number of carbonyl (C=O) groups is 1. The molecule has 25 heavy (non-hydrogen) atoms. The van der Waals surface area contributed by atoms with E-state index >= 15 is 0 Å². The van der Waals surface area contributed by atoms with Gasteiger partial charge in [-0.2, -0.15) is 0 Å². The molecule has 0 aromatic heterocycles. The van der Waals surface area contributed by atoms with E-state index in [9.17, 15) is 4.79 Å². The highest BCUT2D eigenvalue weighted by molar-refractivity contribution is 9.10. The summed E-state index contributed by atoms with van der Waals surface area (Å²) in [6.45, 7) is 5.30. The van der Waals surface area contributed by atoms with Crippen LogP contribution in [-0.4, -0.2) is 26.6 Å². The zero-order valence-corrected chi connectivity index (χ0v) is 16.4. The van der Waals surface area contributed by atoms with E-state index in [0.29, 0.717) is 30.3 Å². The molecule has 0 aliphatic rings. The number of unbranched alkanes of at least 4 members (excludes halogenated alkanes) is 1. The summed E-state index contributed by atoms with van der Waals surface area (Å²) in [5.74, 6) is 2.14. The molecule has 2 aromatic rings. The van der Waals surface area contributed by atoms with Gasteiger partial charge in [-0.15, -0.1) is 0 Å². The second-order valence-electron chi connectivity index (χ2n) is 5.80. The van der Waals surface area contributed by atoms with E-state index < -0.39 is 0 Å². The maximum absolute atomic E-state index is 10.8. The number of carbonyl (C=O) groups excluding carboxylic acids is 1. The predicted octanol–water partition coefficient (Wildman–Crippen LogP) is 5.13. The Bertz CT molecular complexity index is 728. The molecule has 0 N–H and O–H groups in total. The Kier molecular flexibility index (Phi) is 7.31. The van der Waals surface area contributed by atoms with E-state index in [-0.39, 0.29) is 0 Å². The first-order chi connectivity index (χ1) is 12.0. The van der Waals surface area contributed by atoms with Gasteiger partial charge in [0.15, 0.2) is 11.5 Å². The Labute approximate surface area is 157 Å². The Hall–Kier alpha value is -2.01. The number of ether oxygens (including phenoxy) is 3. The molecular formula is C20H23BrO4. The third-order valence-electron chi connectivity index (χ3n) is 3.83.